The summed E-state index contributed by atoms with van der Waals surface area (Å²) in [5.41, 5.74) is 1.06. The number of carbonyl (C=O) groups is 3. The van der Waals surface area contributed by atoms with Gasteiger partial charge in [0.25, 0.3) is 0 Å². The molecule has 2 rings (SSSR count). The predicted octanol–water partition coefficient (Wildman–Crippen LogP) is 2.25. The molecule has 0 bridgehead atoms. The van der Waals surface area contributed by atoms with E-state index in [4.69, 9.17) is 5.11 Å². The molecule has 2 N–H and O–H groups in total. The minimum Gasteiger partial charge on any atom is -0.481 e. The number of hydrogen-bond acceptors (Lipinski definition) is 3. The zero-order valence-corrected chi connectivity index (χ0v) is 14.3. The highest BCUT2D eigenvalue weighted by Crippen LogP contribution is 2.26. The Morgan fingerprint density at radius 3 is 2.76 bits per heavy atom. The van der Waals surface area contributed by atoms with E-state index in [-0.39, 0.29) is 37.0 Å². The average molecular weight is 350 g/mol. The summed E-state index contributed by atoms with van der Waals surface area (Å²) in [7, 11) is 0. The Bertz CT molecular complexity index is 662. The van der Waals surface area contributed by atoms with Gasteiger partial charge >= 0.3 is 5.97 Å². The van der Waals surface area contributed by atoms with Crippen molar-refractivity contribution in [2.24, 2.45) is 5.92 Å². The number of unbranched alkanes of at least 4 members (excludes halogenated alkanes) is 2. The fourth-order valence-corrected chi connectivity index (χ4v) is 2.86. The second-order valence-electron chi connectivity index (χ2n) is 6.33. The molecule has 0 saturated carbocycles. The molecule has 1 saturated heterocycles. The lowest BCUT2D eigenvalue weighted by atomic mass is 10.1. The van der Waals surface area contributed by atoms with Crippen molar-refractivity contribution in [3.05, 3.63) is 29.6 Å². The van der Waals surface area contributed by atoms with Crippen LogP contribution >= 0.6 is 0 Å². The van der Waals surface area contributed by atoms with E-state index >= 15 is 0 Å². The third-order valence-corrected chi connectivity index (χ3v) is 4.32. The Morgan fingerprint density at radius 2 is 2.08 bits per heavy atom. The number of aliphatic carboxylic acids is 1. The standard InChI is InChI=1S/C18H23FN2O4/c1-12-9-14(6-7-15(12)19)21-11-13(10-16(21)22)18(25)20-8-4-2-3-5-17(23)24/h6-7,9,13H,2-5,8,10-11H2,1H3,(H,20,25)(H,23,24). The molecule has 1 aromatic carbocycles. The van der Waals surface area contributed by atoms with E-state index in [1.807, 2.05) is 0 Å². The molecule has 0 aromatic heterocycles. The van der Waals surface area contributed by atoms with Crippen molar-refractivity contribution in [2.45, 2.75) is 39.0 Å². The monoisotopic (exact) mass is 350 g/mol. The molecule has 1 aliphatic heterocycles. The molecule has 1 fully saturated rings. The molecule has 1 heterocycles. The van der Waals surface area contributed by atoms with Crippen molar-refractivity contribution in [1.82, 2.24) is 5.32 Å². The van der Waals surface area contributed by atoms with Gasteiger partial charge in [-0.25, -0.2) is 4.39 Å². The minimum atomic E-state index is -0.815. The van der Waals surface area contributed by atoms with Gasteiger partial charge in [0.15, 0.2) is 0 Å². The summed E-state index contributed by atoms with van der Waals surface area (Å²) >= 11 is 0. The molecule has 6 nitrogen and oxygen atoms in total. The summed E-state index contributed by atoms with van der Waals surface area (Å²) in [6.45, 7) is 2.39. The number of halogens is 1. The Kier molecular flexibility index (Phi) is 6.50. The molecule has 1 aliphatic rings. The zero-order chi connectivity index (χ0) is 18.4. The number of amides is 2. The summed E-state index contributed by atoms with van der Waals surface area (Å²) in [5.74, 6) is -1.88. The number of anilines is 1. The van der Waals surface area contributed by atoms with Crippen LogP contribution in [0.15, 0.2) is 18.2 Å². The molecule has 0 aliphatic carbocycles. The van der Waals surface area contributed by atoms with Crippen molar-refractivity contribution in [3.8, 4) is 0 Å². The first-order valence-corrected chi connectivity index (χ1v) is 8.44. The van der Waals surface area contributed by atoms with Gasteiger partial charge in [-0.15, -0.1) is 0 Å². The topological polar surface area (TPSA) is 86.7 Å². The molecule has 7 heteroatoms. The van der Waals surface area contributed by atoms with E-state index in [0.717, 1.165) is 6.42 Å². The second kappa shape index (κ2) is 8.60. The third kappa shape index (κ3) is 5.27. The smallest absolute Gasteiger partial charge is 0.303 e. The van der Waals surface area contributed by atoms with Crippen LogP contribution in [0.5, 0.6) is 0 Å². The highest BCUT2D eigenvalue weighted by Gasteiger charge is 2.35. The van der Waals surface area contributed by atoms with Crippen LogP contribution in [0.25, 0.3) is 0 Å². The lowest BCUT2D eigenvalue weighted by molar-refractivity contribution is -0.137. The van der Waals surface area contributed by atoms with Crippen LogP contribution in [-0.4, -0.2) is 36.0 Å². The summed E-state index contributed by atoms with van der Waals surface area (Å²) in [5, 5.41) is 11.4. The van der Waals surface area contributed by atoms with Crippen LogP contribution < -0.4 is 10.2 Å². The Hall–Kier alpha value is -2.44. The fourth-order valence-electron chi connectivity index (χ4n) is 2.86. The Balaban J connectivity index is 1.80. The first-order chi connectivity index (χ1) is 11.9. The lowest BCUT2D eigenvalue weighted by Crippen LogP contribution is -2.33. The van der Waals surface area contributed by atoms with Crippen molar-refractivity contribution in [2.75, 3.05) is 18.0 Å². The molecule has 1 unspecified atom stereocenters. The largest absolute Gasteiger partial charge is 0.481 e. The summed E-state index contributed by atoms with van der Waals surface area (Å²) < 4.78 is 13.4. The van der Waals surface area contributed by atoms with Crippen molar-refractivity contribution < 1.29 is 23.9 Å². The number of rotatable bonds is 8. The van der Waals surface area contributed by atoms with Gasteiger partial charge in [-0.1, -0.05) is 6.42 Å². The molecular formula is C18H23FN2O4. The molecule has 0 radical (unpaired) electrons. The molecule has 1 aromatic rings. The van der Waals surface area contributed by atoms with E-state index in [9.17, 15) is 18.8 Å². The van der Waals surface area contributed by atoms with Gasteiger partial charge in [-0.3, -0.25) is 14.4 Å². The van der Waals surface area contributed by atoms with E-state index in [2.05, 4.69) is 5.32 Å². The normalized spacial score (nSPS) is 17.0. The lowest BCUT2D eigenvalue weighted by Gasteiger charge is -2.17. The van der Waals surface area contributed by atoms with Crippen LogP contribution in [0.1, 0.15) is 37.7 Å². The van der Waals surface area contributed by atoms with Gasteiger partial charge in [0.2, 0.25) is 11.8 Å². The van der Waals surface area contributed by atoms with Crippen molar-refractivity contribution in [1.29, 1.82) is 0 Å². The maximum atomic E-state index is 13.4. The number of carbonyl (C=O) groups excluding carboxylic acids is 2. The Morgan fingerprint density at radius 1 is 1.32 bits per heavy atom. The van der Waals surface area contributed by atoms with Gasteiger partial charge in [-0.05, 0) is 43.5 Å². The number of hydrogen-bond donors (Lipinski definition) is 2. The van der Waals surface area contributed by atoms with Crippen LogP contribution in [-0.2, 0) is 14.4 Å². The molecule has 1 atom stereocenters. The minimum absolute atomic E-state index is 0.136. The highest BCUT2D eigenvalue weighted by atomic mass is 19.1. The number of nitrogens with one attached hydrogen (secondary N) is 1. The van der Waals surface area contributed by atoms with Gasteiger partial charge in [-0.2, -0.15) is 0 Å². The molecular weight excluding hydrogens is 327 g/mol. The van der Waals surface area contributed by atoms with Gasteiger partial charge in [0.1, 0.15) is 5.82 Å². The number of carboxylic acids is 1. The quantitative estimate of drug-likeness (QED) is 0.704. The van der Waals surface area contributed by atoms with Gasteiger partial charge in [0, 0.05) is 31.6 Å². The Labute approximate surface area is 146 Å². The number of nitrogens with zero attached hydrogens (tertiary/aromatic N) is 1. The molecule has 136 valence electrons. The molecule has 0 spiro atoms. The van der Waals surface area contributed by atoms with Crippen LogP contribution in [0.2, 0.25) is 0 Å². The SMILES string of the molecule is Cc1cc(N2CC(C(=O)NCCCCCC(=O)O)CC2=O)ccc1F. The van der Waals surface area contributed by atoms with E-state index in [1.165, 1.54) is 11.0 Å². The first-order valence-electron chi connectivity index (χ1n) is 8.44. The predicted molar refractivity (Wildman–Crippen MR) is 90.7 cm³/mol. The van der Waals surface area contributed by atoms with Gasteiger partial charge < -0.3 is 15.3 Å². The highest BCUT2D eigenvalue weighted by molar-refractivity contribution is 6.00. The van der Waals surface area contributed by atoms with E-state index in [1.54, 1.807) is 19.1 Å². The number of benzene rings is 1. The number of aryl methyl sites for hydroxylation is 1. The summed E-state index contributed by atoms with van der Waals surface area (Å²) in [6.07, 6.45) is 2.31. The zero-order valence-electron chi connectivity index (χ0n) is 14.3. The third-order valence-electron chi connectivity index (χ3n) is 4.32. The average Bonchev–Trinajstić information content (AvgIpc) is 2.95. The maximum Gasteiger partial charge on any atom is 0.303 e. The van der Waals surface area contributed by atoms with Crippen molar-refractivity contribution in [3.63, 3.8) is 0 Å². The second-order valence-corrected chi connectivity index (χ2v) is 6.33. The van der Waals surface area contributed by atoms with Gasteiger partial charge in [0.05, 0.1) is 5.92 Å². The van der Waals surface area contributed by atoms with E-state index < -0.39 is 11.9 Å². The fraction of sp³-hybridized carbons (Fsp3) is 0.500. The summed E-state index contributed by atoms with van der Waals surface area (Å²) in [4.78, 5) is 36.3. The van der Waals surface area contributed by atoms with Crippen LogP contribution in [0.3, 0.4) is 0 Å². The first kappa shape index (κ1) is 18.9. The van der Waals surface area contributed by atoms with Crippen LogP contribution in [0.4, 0.5) is 10.1 Å². The molecule has 2 amide bonds. The summed E-state index contributed by atoms with van der Waals surface area (Å²) in [6, 6.07) is 4.47. The van der Waals surface area contributed by atoms with E-state index in [0.29, 0.717) is 30.6 Å². The maximum absolute atomic E-state index is 13.4. The molecule has 25 heavy (non-hydrogen) atoms. The number of carboxylic acid groups (broad SMARTS) is 1. The van der Waals surface area contributed by atoms with Crippen LogP contribution in [0, 0.1) is 18.7 Å². The van der Waals surface area contributed by atoms with Crippen molar-refractivity contribution >= 4 is 23.5 Å².